The van der Waals surface area contributed by atoms with Crippen LogP contribution in [0.5, 0.6) is 0 Å². The summed E-state index contributed by atoms with van der Waals surface area (Å²) in [6.45, 7) is 4.92. The first-order valence-corrected chi connectivity index (χ1v) is 7.27. The van der Waals surface area contributed by atoms with Crippen molar-refractivity contribution in [3.63, 3.8) is 0 Å². The Bertz CT molecular complexity index is 913. The predicted molar refractivity (Wildman–Crippen MR) is 83.1 cm³/mol. The van der Waals surface area contributed by atoms with Crippen molar-refractivity contribution < 1.29 is 13.2 Å². The first-order chi connectivity index (χ1) is 10.7. The van der Waals surface area contributed by atoms with Crippen LogP contribution in [0.15, 0.2) is 24.3 Å². The van der Waals surface area contributed by atoms with Gasteiger partial charge in [-0.15, -0.1) is 0 Å². The van der Waals surface area contributed by atoms with Gasteiger partial charge in [-0.05, 0) is 44.5 Å². The summed E-state index contributed by atoms with van der Waals surface area (Å²) < 4.78 is 41.4. The number of aromatic nitrogens is 3. The molecule has 0 saturated carbocycles. The highest BCUT2D eigenvalue weighted by molar-refractivity contribution is 6.31. The number of halogens is 4. The monoisotopic (exact) mass is 339 g/mol. The molecule has 120 valence electrons. The molecule has 3 rings (SSSR count). The van der Waals surface area contributed by atoms with Crippen LogP contribution in [-0.2, 0) is 6.18 Å². The summed E-state index contributed by atoms with van der Waals surface area (Å²) in [5.41, 5.74) is 1.46. The zero-order chi connectivity index (χ0) is 16.9. The number of fused-ring (bicyclic) bond motifs is 1. The van der Waals surface area contributed by atoms with E-state index >= 15 is 0 Å². The van der Waals surface area contributed by atoms with E-state index in [1.807, 2.05) is 6.92 Å². The molecule has 3 aromatic rings. The summed E-state index contributed by atoms with van der Waals surface area (Å²) in [5, 5.41) is 4.78. The topological polar surface area (TPSA) is 30.7 Å². The minimum absolute atomic E-state index is 0.0137. The zero-order valence-corrected chi connectivity index (χ0v) is 13.4. The summed E-state index contributed by atoms with van der Waals surface area (Å²) in [4.78, 5) is 4.26. The van der Waals surface area contributed by atoms with Gasteiger partial charge in [-0.3, -0.25) is 0 Å². The van der Waals surface area contributed by atoms with E-state index in [2.05, 4.69) is 10.1 Å². The van der Waals surface area contributed by atoms with Gasteiger partial charge in [0.2, 0.25) is 0 Å². The highest BCUT2D eigenvalue weighted by atomic mass is 35.5. The molecule has 2 heterocycles. The molecule has 0 amide bonds. The quantitative estimate of drug-likeness (QED) is 0.623. The molecule has 0 bridgehead atoms. The fraction of sp³-hybridized carbons (Fsp3) is 0.250. The van der Waals surface area contributed by atoms with Crippen LogP contribution in [0.25, 0.3) is 16.7 Å². The van der Waals surface area contributed by atoms with Gasteiger partial charge in [0.1, 0.15) is 0 Å². The van der Waals surface area contributed by atoms with Crippen molar-refractivity contribution in [2.75, 3.05) is 0 Å². The van der Waals surface area contributed by atoms with Crippen molar-refractivity contribution in [3.05, 3.63) is 51.8 Å². The largest absolute Gasteiger partial charge is 0.417 e. The Morgan fingerprint density at radius 1 is 1.09 bits per heavy atom. The summed E-state index contributed by atoms with van der Waals surface area (Å²) in [6.07, 6.45) is -4.46. The van der Waals surface area contributed by atoms with E-state index in [4.69, 9.17) is 11.6 Å². The van der Waals surface area contributed by atoms with Gasteiger partial charge in [0.05, 0.1) is 22.3 Å². The van der Waals surface area contributed by atoms with Crippen LogP contribution in [0.2, 0.25) is 5.02 Å². The second-order valence-corrected chi connectivity index (χ2v) is 5.85. The Hall–Kier alpha value is -2.08. The third kappa shape index (κ3) is 2.67. The van der Waals surface area contributed by atoms with E-state index in [0.717, 1.165) is 11.6 Å². The van der Waals surface area contributed by atoms with Gasteiger partial charge >= 0.3 is 6.18 Å². The zero-order valence-electron chi connectivity index (χ0n) is 12.7. The van der Waals surface area contributed by atoms with E-state index in [1.165, 1.54) is 11.6 Å². The van der Waals surface area contributed by atoms with Crippen LogP contribution in [-0.4, -0.2) is 14.8 Å². The molecule has 3 nitrogen and oxygen atoms in total. The van der Waals surface area contributed by atoms with Crippen LogP contribution in [0.1, 0.15) is 22.5 Å². The van der Waals surface area contributed by atoms with Crippen molar-refractivity contribution in [3.8, 4) is 5.69 Å². The van der Waals surface area contributed by atoms with Crippen LogP contribution in [0, 0.1) is 20.8 Å². The smallest absolute Gasteiger partial charge is 0.233 e. The molecule has 0 unspecified atom stereocenters. The molecule has 1 aromatic carbocycles. The van der Waals surface area contributed by atoms with E-state index in [-0.39, 0.29) is 22.4 Å². The summed E-state index contributed by atoms with van der Waals surface area (Å²) in [6, 6.07) is 6.26. The predicted octanol–water partition coefficient (Wildman–Crippen LogP) is 5.02. The van der Waals surface area contributed by atoms with E-state index in [0.29, 0.717) is 10.7 Å². The normalized spacial score (nSPS) is 12.1. The van der Waals surface area contributed by atoms with Crippen molar-refractivity contribution in [2.24, 2.45) is 0 Å². The Morgan fingerprint density at radius 2 is 1.78 bits per heavy atom. The maximum absolute atomic E-state index is 13.3. The molecule has 0 radical (unpaired) electrons. The van der Waals surface area contributed by atoms with E-state index in [1.54, 1.807) is 25.1 Å². The Morgan fingerprint density at radius 3 is 2.39 bits per heavy atom. The first kappa shape index (κ1) is 15.8. The highest BCUT2D eigenvalue weighted by Gasteiger charge is 2.35. The minimum atomic E-state index is -4.46. The maximum atomic E-state index is 13.3. The minimum Gasteiger partial charge on any atom is -0.233 e. The van der Waals surface area contributed by atoms with Crippen molar-refractivity contribution in [2.45, 2.75) is 26.9 Å². The van der Waals surface area contributed by atoms with Crippen LogP contribution in [0.3, 0.4) is 0 Å². The lowest BCUT2D eigenvalue weighted by Gasteiger charge is -2.10. The molecule has 0 aliphatic heterocycles. The molecule has 0 spiro atoms. The molecular formula is C16H13ClF3N3. The molecule has 2 aromatic heterocycles. The van der Waals surface area contributed by atoms with Gasteiger partial charge in [-0.2, -0.15) is 18.3 Å². The maximum Gasteiger partial charge on any atom is 0.417 e. The molecule has 0 saturated heterocycles. The first-order valence-electron chi connectivity index (χ1n) is 6.89. The number of benzene rings is 1. The molecule has 23 heavy (non-hydrogen) atoms. The lowest BCUT2D eigenvalue weighted by Crippen LogP contribution is -2.08. The SMILES string of the molecule is Cc1cc(C(F)(F)F)c2c(C)nn(-c3ccc(C)c(Cl)c3)c2n1. The lowest BCUT2D eigenvalue weighted by molar-refractivity contribution is -0.136. The Kier molecular flexibility index (Phi) is 3.59. The third-order valence-electron chi connectivity index (χ3n) is 3.65. The van der Waals surface area contributed by atoms with E-state index in [9.17, 15) is 13.2 Å². The molecule has 0 N–H and O–H groups in total. The van der Waals surface area contributed by atoms with Gasteiger partial charge < -0.3 is 0 Å². The average molecular weight is 340 g/mol. The number of alkyl halides is 3. The molecule has 0 atom stereocenters. The molecule has 0 aliphatic rings. The second-order valence-electron chi connectivity index (χ2n) is 5.44. The summed E-state index contributed by atoms with van der Waals surface area (Å²) in [7, 11) is 0. The number of hydrogen-bond acceptors (Lipinski definition) is 2. The van der Waals surface area contributed by atoms with Crippen LogP contribution >= 0.6 is 11.6 Å². The number of hydrogen-bond donors (Lipinski definition) is 0. The molecule has 0 aliphatic carbocycles. The fourth-order valence-electron chi connectivity index (χ4n) is 2.53. The number of aryl methyl sites for hydroxylation is 3. The number of nitrogens with zero attached hydrogens (tertiary/aromatic N) is 3. The molecular weight excluding hydrogens is 327 g/mol. The summed E-state index contributed by atoms with van der Waals surface area (Å²) >= 11 is 6.12. The Balaban J connectivity index is 2.36. The number of pyridine rings is 1. The molecule has 7 heteroatoms. The lowest BCUT2D eigenvalue weighted by atomic mass is 10.1. The van der Waals surface area contributed by atoms with E-state index < -0.39 is 11.7 Å². The van der Waals surface area contributed by atoms with Gasteiger partial charge in [0.15, 0.2) is 5.65 Å². The van der Waals surface area contributed by atoms with Crippen LogP contribution < -0.4 is 0 Å². The van der Waals surface area contributed by atoms with Crippen molar-refractivity contribution >= 4 is 22.6 Å². The number of rotatable bonds is 1. The van der Waals surface area contributed by atoms with Gasteiger partial charge in [-0.25, -0.2) is 9.67 Å². The third-order valence-corrected chi connectivity index (χ3v) is 4.05. The van der Waals surface area contributed by atoms with Gasteiger partial charge in [0, 0.05) is 10.7 Å². The average Bonchev–Trinajstić information content (AvgIpc) is 2.77. The van der Waals surface area contributed by atoms with Crippen molar-refractivity contribution in [1.29, 1.82) is 0 Å². The van der Waals surface area contributed by atoms with Crippen LogP contribution in [0.4, 0.5) is 13.2 Å². The Labute approximate surface area is 135 Å². The molecule has 0 fully saturated rings. The highest BCUT2D eigenvalue weighted by Crippen LogP contribution is 2.37. The fourth-order valence-corrected chi connectivity index (χ4v) is 2.71. The second kappa shape index (κ2) is 5.23. The standard InChI is InChI=1S/C16H13ClF3N3/c1-8-4-5-11(7-13(8)17)23-15-14(10(3)22-23)12(16(18,19)20)6-9(2)21-15/h4-7H,1-3H3. The summed E-state index contributed by atoms with van der Waals surface area (Å²) in [5.74, 6) is 0. The van der Waals surface area contributed by atoms with Gasteiger partial charge in [0.25, 0.3) is 0 Å². The van der Waals surface area contributed by atoms with Gasteiger partial charge in [-0.1, -0.05) is 17.7 Å². The van der Waals surface area contributed by atoms with Crippen molar-refractivity contribution in [1.82, 2.24) is 14.8 Å².